The van der Waals surface area contributed by atoms with E-state index in [0.717, 1.165) is 17.5 Å². The van der Waals surface area contributed by atoms with Gasteiger partial charge in [-0.15, -0.1) is 0 Å². The van der Waals surface area contributed by atoms with Gasteiger partial charge in [-0.25, -0.2) is 0 Å². The zero-order valence-electron chi connectivity index (χ0n) is 16.3. The lowest BCUT2D eigenvalue weighted by Gasteiger charge is -2.47. The molecule has 5 nitrogen and oxygen atoms in total. The maximum atomic E-state index is 12.9. The van der Waals surface area contributed by atoms with Crippen molar-refractivity contribution in [3.63, 3.8) is 0 Å². The first-order valence-electron chi connectivity index (χ1n) is 9.85. The third-order valence-corrected chi connectivity index (χ3v) is 5.48. The first-order valence-corrected chi connectivity index (χ1v) is 8.35. The fourth-order valence-electron chi connectivity index (χ4n) is 4.22. The second-order valence-corrected chi connectivity index (χ2v) is 6.82. The minimum absolute atomic E-state index is 0.116. The number of benzene rings is 1. The summed E-state index contributed by atoms with van der Waals surface area (Å²) in [5, 5.41) is 7.84. The van der Waals surface area contributed by atoms with Crippen molar-refractivity contribution in [2.45, 2.75) is 50.2 Å². The summed E-state index contributed by atoms with van der Waals surface area (Å²) in [7, 11) is 2.18. The van der Waals surface area contributed by atoms with Gasteiger partial charge in [0.1, 0.15) is 0 Å². The van der Waals surface area contributed by atoms with Crippen LogP contribution < -0.4 is 5.32 Å². The molecule has 1 N–H and O–H groups in total. The van der Waals surface area contributed by atoms with Crippen molar-refractivity contribution in [2.75, 3.05) is 7.05 Å². The number of carbonyl (C=O) groups is 1. The lowest BCUT2D eigenvalue weighted by molar-refractivity contribution is 0.0462. The minimum Gasteiger partial charge on any atom is -0.348 e. The Labute approximate surface area is 140 Å². The molecule has 1 aromatic carbocycles. The molecule has 0 unspecified atom stereocenters. The maximum absolute atomic E-state index is 12.9. The van der Waals surface area contributed by atoms with Gasteiger partial charge in [0.25, 0.3) is 5.91 Å². The Balaban J connectivity index is 1.59. The first kappa shape index (κ1) is 11.6. The Hall–Kier alpha value is -1.88. The minimum atomic E-state index is -2.41. The third kappa shape index (κ3) is 2.53. The van der Waals surface area contributed by atoms with Crippen molar-refractivity contribution >= 4 is 16.8 Å². The molecule has 0 spiro atoms. The van der Waals surface area contributed by atoms with E-state index in [2.05, 4.69) is 22.4 Å². The van der Waals surface area contributed by atoms with Crippen LogP contribution in [-0.4, -0.2) is 45.8 Å². The van der Waals surface area contributed by atoms with Crippen LogP contribution in [0.4, 0.5) is 0 Å². The number of aromatic nitrogens is 2. The summed E-state index contributed by atoms with van der Waals surface area (Å²) in [5.74, 6) is -0.281. The van der Waals surface area contributed by atoms with Crippen LogP contribution in [0.2, 0.25) is 0 Å². The number of nitrogens with zero attached hydrogens (tertiary/aromatic N) is 3. The van der Waals surface area contributed by atoms with E-state index >= 15 is 0 Å². The monoisotopic (exact) mass is 315 g/mol. The van der Waals surface area contributed by atoms with Crippen LogP contribution in [-0.2, 0) is 6.98 Å². The van der Waals surface area contributed by atoms with Crippen LogP contribution in [0.15, 0.2) is 24.3 Å². The summed E-state index contributed by atoms with van der Waals surface area (Å²) in [5.41, 5.74) is 0.652. The predicted molar refractivity (Wildman–Crippen MR) is 90.4 cm³/mol. The Morgan fingerprint density at radius 1 is 1.30 bits per heavy atom. The molecule has 2 atom stereocenters. The highest BCUT2D eigenvalue weighted by atomic mass is 16.2. The molecule has 4 rings (SSSR count). The Morgan fingerprint density at radius 2 is 2.04 bits per heavy atom. The predicted octanol–water partition coefficient (Wildman–Crippen LogP) is 2.32. The van der Waals surface area contributed by atoms with Crippen LogP contribution in [0.3, 0.4) is 0 Å². The highest BCUT2D eigenvalue weighted by Gasteiger charge is 2.36. The molecule has 2 aromatic rings. The lowest BCUT2D eigenvalue weighted by Crippen LogP contribution is -2.55. The summed E-state index contributed by atoms with van der Waals surface area (Å²) in [6, 6.07) is 8.14. The van der Waals surface area contributed by atoms with E-state index < -0.39 is 6.98 Å². The SMILES string of the molecule is [2H]C([2H])([2H])n1nc(C(=O)NC2C[C@H]3CCC[C@H](C2)N3C)c2ccccc21. The molecule has 23 heavy (non-hydrogen) atoms. The average Bonchev–Trinajstić information content (AvgIpc) is 2.96. The molecule has 0 saturated carbocycles. The zero-order chi connectivity index (χ0) is 18.5. The molecule has 2 aliphatic heterocycles. The smallest absolute Gasteiger partial charge is 0.272 e. The van der Waals surface area contributed by atoms with Gasteiger partial charge < -0.3 is 10.2 Å². The van der Waals surface area contributed by atoms with E-state index in [1.807, 2.05) is 0 Å². The molecular weight excluding hydrogens is 288 g/mol. The molecular formula is C18H24N4O. The molecule has 1 aromatic heterocycles. The second kappa shape index (κ2) is 5.64. The number of fused-ring (bicyclic) bond motifs is 3. The standard InChI is InChI=1S/C18H24N4O/c1-21-13-6-5-7-14(21)11-12(10-13)19-18(23)17-15-8-3-4-9-16(15)22(2)20-17/h3-4,8-9,12-14H,5-7,10-11H2,1-2H3,(H,19,23)/t13-,14-/m1/s1/i2D3. The van der Waals surface area contributed by atoms with Crippen molar-refractivity contribution in [1.82, 2.24) is 20.0 Å². The molecule has 1 amide bonds. The van der Waals surface area contributed by atoms with E-state index in [1.165, 1.54) is 19.3 Å². The van der Waals surface area contributed by atoms with Crippen LogP contribution in [0.25, 0.3) is 10.9 Å². The number of para-hydroxylation sites is 1. The Bertz CT molecular complexity index is 817. The highest BCUT2D eigenvalue weighted by Crippen LogP contribution is 2.32. The Kier molecular flexibility index (Phi) is 2.85. The second-order valence-electron chi connectivity index (χ2n) is 6.82. The maximum Gasteiger partial charge on any atom is 0.272 e. The molecule has 2 fully saturated rings. The highest BCUT2D eigenvalue weighted by molar-refractivity contribution is 6.04. The zero-order valence-corrected chi connectivity index (χ0v) is 13.3. The van der Waals surface area contributed by atoms with E-state index in [-0.39, 0.29) is 17.6 Å². The molecule has 2 saturated heterocycles. The number of carbonyl (C=O) groups excluding carboxylic acids is 1. The van der Waals surface area contributed by atoms with E-state index in [9.17, 15) is 4.79 Å². The molecule has 0 aliphatic carbocycles. The Morgan fingerprint density at radius 3 is 2.78 bits per heavy atom. The number of rotatable bonds is 2. The van der Waals surface area contributed by atoms with Gasteiger partial charge in [-0.2, -0.15) is 5.10 Å². The molecule has 5 heteroatoms. The van der Waals surface area contributed by atoms with Crippen molar-refractivity contribution < 1.29 is 8.91 Å². The number of hydrogen-bond acceptors (Lipinski definition) is 3. The molecule has 2 bridgehead atoms. The van der Waals surface area contributed by atoms with Crippen molar-refractivity contribution in [3.05, 3.63) is 30.0 Å². The number of nitrogens with one attached hydrogen (secondary N) is 1. The van der Waals surface area contributed by atoms with Gasteiger partial charge in [0.2, 0.25) is 0 Å². The van der Waals surface area contributed by atoms with Gasteiger partial charge in [0.05, 0.1) is 5.52 Å². The van der Waals surface area contributed by atoms with E-state index in [1.54, 1.807) is 24.3 Å². The van der Waals surface area contributed by atoms with E-state index in [0.29, 0.717) is 23.0 Å². The largest absolute Gasteiger partial charge is 0.348 e. The summed E-state index contributed by atoms with van der Waals surface area (Å²) >= 11 is 0. The normalized spacial score (nSPS) is 30.5. The van der Waals surface area contributed by atoms with Crippen molar-refractivity contribution in [2.24, 2.45) is 6.98 Å². The van der Waals surface area contributed by atoms with Gasteiger partial charge in [-0.05, 0) is 38.8 Å². The summed E-state index contributed by atoms with van der Waals surface area (Å²) in [6.07, 6.45) is 5.49. The van der Waals surface area contributed by atoms with Gasteiger partial charge in [-0.3, -0.25) is 9.48 Å². The molecule has 0 radical (unpaired) electrons. The average molecular weight is 315 g/mol. The number of aryl methyl sites for hydroxylation is 1. The number of amides is 1. The number of piperidine rings is 2. The van der Waals surface area contributed by atoms with Crippen molar-refractivity contribution in [1.29, 1.82) is 0 Å². The van der Waals surface area contributed by atoms with Crippen molar-refractivity contribution in [3.8, 4) is 0 Å². The quantitative estimate of drug-likeness (QED) is 0.925. The van der Waals surface area contributed by atoms with E-state index in [4.69, 9.17) is 4.11 Å². The molecule has 3 heterocycles. The topological polar surface area (TPSA) is 50.2 Å². The summed E-state index contributed by atoms with van der Waals surface area (Å²) in [6.45, 7) is -2.41. The fourth-order valence-corrected chi connectivity index (χ4v) is 4.22. The third-order valence-electron chi connectivity index (χ3n) is 5.48. The van der Waals surface area contributed by atoms with Crippen LogP contribution in [0, 0.1) is 0 Å². The van der Waals surface area contributed by atoms with Gasteiger partial charge in [-0.1, -0.05) is 24.6 Å². The lowest BCUT2D eigenvalue weighted by atomic mass is 9.82. The van der Waals surface area contributed by atoms with Gasteiger partial charge >= 0.3 is 0 Å². The summed E-state index contributed by atoms with van der Waals surface area (Å²) < 4.78 is 24.0. The van der Waals surface area contributed by atoms with Crippen LogP contribution >= 0.6 is 0 Å². The molecule has 2 aliphatic rings. The summed E-state index contributed by atoms with van der Waals surface area (Å²) in [4.78, 5) is 15.3. The number of hydrogen-bond donors (Lipinski definition) is 1. The van der Waals surface area contributed by atoms with Gasteiger partial charge in [0, 0.05) is 34.6 Å². The van der Waals surface area contributed by atoms with Crippen LogP contribution in [0.5, 0.6) is 0 Å². The van der Waals surface area contributed by atoms with Gasteiger partial charge in [0.15, 0.2) is 5.69 Å². The fraction of sp³-hybridized carbons (Fsp3) is 0.556. The first-order chi connectivity index (χ1) is 12.3. The van der Waals surface area contributed by atoms with Crippen LogP contribution in [0.1, 0.15) is 46.7 Å². The molecule has 122 valence electrons.